The summed E-state index contributed by atoms with van der Waals surface area (Å²) in [6, 6.07) is 21.7. The third kappa shape index (κ3) is 7.31. The maximum absolute atomic E-state index is 13.3. The second kappa shape index (κ2) is 13.0. The summed E-state index contributed by atoms with van der Waals surface area (Å²) in [5.41, 5.74) is 4.88. The van der Waals surface area contributed by atoms with Crippen LogP contribution in [0.15, 0.2) is 101 Å². The standard InChI is InChI=1S/C31H27ClFN5O2S/c1-20(25-15-35-36-16-25)28-17-38(31(37-30(28)40)41-19-22-4-12-27(33)13-5-22)18-29(39)34-14-21-2-6-23(7-3-21)24-8-10-26(32)11-9-24/h2-13,15-17,20H,14,18-19H2,1H3,(H,34,39)(H,35,36). The zero-order valence-electron chi connectivity index (χ0n) is 22.2. The van der Waals surface area contributed by atoms with E-state index in [0.717, 1.165) is 27.8 Å². The summed E-state index contributed by atoms with van der Waals surface area (Å²) >= 11 is 7.31. The van der Waals surface area contributed by atoms with Gasteiger partial charge in [0.1, 0.15) is 12.4 Å². The maximum atomic E-state index is 13.3. The van der Waals surface area contributed by atoms with Crippen molar-refractivity contribution in [3.63, 3.8) is 0 Å². The quantitative estimate of drug-likeness (QED) is 0.150. The summed E-state index contributed by atoms with van der Waals surface area (Å²) < 4.78 is 15.0. The predicted octanol–water partition coefficient (Wildman–Crippen LogP) is 6.19. The Morgan fingerprint density at radius 1 is 1.02 bits per heavy atom. The van der Waals surface area contributed by atoms with Gasteiger partial charge < -0.3 is 9.88 Å². The number of rotatable bonds is 10. The molecule has 10 heteroatoms. The highest BCUT2D eigenvalue weighted by molar-refractivity contribution is 7.98. The number of hydrogen-bond donors (Lipinski definition) is 2. The molecule has 0 fully saturated rings. The van der Waals surface area contributed by atoms with Crippen LogP contribution in [-0.2, 0) is 23.6 Å². The highest BCUT2D eigenvalue weighted by Crippen LogP contribution is 2.25. The van der Waals surface area contributed by atoms with E-state index in [2.05, 4.69) is 20.5 Å². The van der Waals surface area contributed by atoms with Crippen molar-refractivity contribution in [3.05, 3.63) is 135 Å². The van der Waals surface area contributed by atoms with Gasteiger partial charge in [-0.25, -0.2) is 4.39 Å². The van der Waals surface area contributed by atoms with E-state index in [1.807, 2.05) is 55.5 Å². The molecule has 7 nitrogen and oxygen atoms in total. The molecule has 3 aromatic carbocycles. The molecule has 0 saturated carbocycles. The third-order valence-electron chi connectivity index (χ3n) is 6.69. The minimum absolute atomic E-state index is 0.0208. The van der Waals surface area contributed by atoms with E-state index < -0.39 is 0 Å². The van der Waals surface area contributed by atoms with Gasteiger partial charge >= 0.3 is 0 Å². The van der Waals surface area contributed by atoms with Gasteiger partial charge in [0.15, 0.2) is 5.16 Å². The molecule has 5 rings (SSSR count). The van der Waals surface area contributed by atoms with Crippen LogP contribution in [0.1, 0.15) is 35.1 Å². The van der Waals surface area contributed by atoms with Crippen LogP contribution in [0.5, 0.6) is 0 Å². The van der Waals surface area contributed by atoms with Crippen LogP contribution >= 0.6 is 23.4 Å². The number of nitrogens with one attached hydrogen (secondary N) is 2. The lowest BCUT2D eigenvalue weighted by Gasteiger charge is -2.16. The lowest BCUT2D eigenvalue weighted by molar-refractivity contribution is -0.122. The topological polar surface area (TPSA) is 92.7 Å². The zero-order valence-corrected chi connectivity index (χ0v) is 23.8. The average molecular weight is 588 g/mol. The Labute approximate surface area is 245 Å². The molecule has 2 heterocycles. The van der Waals surface area contributed by atoms with E-state index >= 15 is 0 Å². The number of benzene rings is 3. The van der Waals surface area contributed by atoms with Crippen molar-refractivity contribution in [1.29, 1.82) is 0 Å². The van der Waals surface area contributed by atoms with Crippen molar-refractivity contribution in [3.8, 4) is 11.1 Å². The predicted molar refractivity (Wildman–Crippen MR) is 159 cm³/mol. The molecule has 0 saturated heterocycles. The van der Waals surface area contributed by atoms with Crippen LogP contribution in [0.2, 0.25) is 5.02 Å². The third-order valence-corrected chi connectivity index (χ3v) is 8.00. The number of amides is 1. The number of nitrogens with zero attached hydrogens (tertiary/aromatic N) is 3. The van der Waals surface area contributed by atoms with Gasteiger partial charge in [0.2, 0.25) is 5.91 Å². The number of halogens is 2. The molecule has 5 aromatic rings. The molecular formula is C31H27ClFN5O2S. The molecule has 1 amide bonds. The van der Waals surface area contributed by atoms with E-state index in [-0.39, 0.29) is 29.7 Å². The molecule has 2 N–H and O–H groups in total. The van der Waals surface area contributed by atoms with Crippen LogP contribution in [0.25, 0.3) is 11.1 Å². The number of H-pyrrole nitrogens is 1. The van der Waals surface area contributed by atoms with Crippen molar-refractivity contribution in [2.45, 2.75) is 36.8 Å². The first-order chi connectivity index (χ1) is 19.9. The smallest absolute Gasteiger partial charge is 0.277 e. The molecule has 0 aliphatic heterocycles. The summed E-state index contributed by atoms with van der Waals surface area (Å²) in [7, 11) is 0. The Bertz CT molecular complexity index is 1670. The van der Waals surface area contributed by atoms with E-state index in [9.17, 15) is 14.0 Å². The van der Waals surface area contributed by atoms with E-state index in [1.54, 1.807) is 35.3 Å². The minimum atomic E-state index is -0.363. The minimum Gasteiger partial charge on any atom is -0.350 e. The van der Waals surface area contributed by atoms with Crippen LogP contribution in [0.3, 0.4) is 0 Å². The molecule has 0 radical (unpaired) electrons. The molecule has 1 atom stereocenters. The Hall–Kier alpha value is -4.21. The molecule has 2 aromatic heterocycles. The monoisotopic (exact) mass is 587 g/mol. The Morgan fingerprint density at radius 2 is 1.68 bits per heavy atom. The zero-order chi connectivity index (χ0) is 28.8. The lowest BCUT2D eigenvalue weighted by atomic mass is 9.98. The highest BCUT2D eigenvalue weighted by atomic mass is 35.5. The largest absolute Gasteiger partial charge is 0.350 e. The van der Waals surface area contributed by atoms with Crippen molar-refractivity contribution in [2.24, 2.45) is 0 Å². The molecule has 0 bridgehead atoms. The molecule has 208 valence electrons. The second-order valence-electron chi connectivity index (χ2n) is 9.56. The Kier molecular flexibility index (Phi) is 8.96. The molecule has 0 aliphatic rings. The molecule has 0 aliphatic carbocycles. The summed E-state index contributed by atoms with van der Waals surface area (Å²) in [5, 5.41) is 10.8. The Balaban J connectivity index is 1.30. The van der Waals surface area contributed by atoms with Crippen LogP contribution in [0, 0.1) is 5.82 Å². The van der Waals surface area contributed by atoms with E-state index in [1.165, 1.54) is 23.9 Å². The van der Waals surface area contributed by atoms with Gasteiger partial charge in [0.25, 0.3) is 5.56 Å². The summed E-state index contributed by atoms with van der Waals surface area (Å²) in [6.45, 7) is 2.23. The van der Waals surface area contributed by atoms with Crippen molar-refractivity contribution in [2.75, 3.05) is 0 Å². The normalized spacial score (nSPS) is 11.8. The number of thioether (sulfide) groups is 1. The van der Waals surface area contributed by atoms with Gasteiger partial charge in [0, 0.05) is 41.2 Å². The number of aromatic nitrogens is 4. The lowest BCUT2D eigenvalue weighted by Crippen LogP contribution is -2.30. The molecule has 1 unspecified atom stereocenters. The van der Waals surface area contributed by atoms with Crippen molar-refractivity contribution in [1.82, 2.24) is 25.1 Å². The molecular weight excluding hydrogens is 561 g/mol. The first kappa shape index (κ1) is 28.3. The number of aromatic amines is 1. The molecule has 0 spiro atoms. The van der Waals surface area contributed by atoms with Crippen molar-refractivity contribution >= 4 is 29.3 Å². The van der Waals surface area contributed by atoms with Gasteiger partial charge in [-0.3, -0.25) is 14.7 Å². The highest BCUT2D eigenvalue weighted by Gasteiger charge is 2.18. The van der Waals surface area contributed by atoms with Crippen LogP contribution in [-0.4, -0.2) is 25.7 Å². The van der Waals surface area contributed by atoms with Crippen molar-refractivity contribution < 1.29 is 9.18 Å². The van der Waals surface area contributed by atoms with Crippen LogP contribution < -0.4 is 10.9 Å². The Morgan fingerprint density at radius 3 is 2.34 bits per heavy atom. The van der Waals surface area contributed by atoms with Crippen LogP contribution in [0.4, 0.5) is 4.39 Å². The number of hydrogen-bond acceptors (Lipinski definition) is 5. The SMILES string of the molecule is CC(c1cn[nH]c1)c1cn(CC(=O)NCc2ccc(-c3ccc(Cl)cc3)cc2)c(SCc2ccc(F)cc2)nc1=O. The van der Waals surface area contributed by atoms with Gasteiger partial charge in [-0.1, -0.05) is 78.8 Å². The van der Waals surface area contributed by atoms with Gasteiger partial charge in [-0.15, -0.1) is 0 Å². The van der Waals surface area contributed by atoms with E-state index in [4.69, 9.17) is 11.6 Å². The summed E-state index contributed by atoms with van der Waals surface area (Å²) in [6.07, 6.45) is 5.09. The number of carbonyl (C=O) groups is 1. The van der Waals surface area contributed by atoms with Gasteiger partial charge in [-0.2, -0.15) is 10.1 Å². The van der Waals surface area contributed by atoms with E-state index in [0.29, 0.717) is 28.0 Å². The molecule has 41 heavy (non-hydrogen) atoms. The summed E-state index contributed by atoms with van der Waals surface area (Å²) in [5.74, 6) is -0.339. The fraction of sp³-hybridized carbons (Fsp3) is 0.161. The first-order valence-electron chi connectivity index (χ1n) is 12.9. The second-order valence-corrected chi connectivity index (χ2v) is 10.9. The fourth-order valence-corrected chi connectivity index (χ4v) is 5.34. The van der Waals surface area contributed by atoms with Gasteiger partial charge in [0.05, 0.1) is 6.20 Å². The maximum Gasteiger partial charge on any atom is 0.277 e. The van der Waals surface area contributed by atoms with Gasteiger partial charge in [-0.05, 0) is 52.1 Å². The fourth-order valence-electron chi connectivity index (χ4n) is 4.29. The summed E-state index contributed by atoms with van der Waals surface area (Å²) in [4.78, 5) is 30.4. The average Bonchev–Trinajstić information content (AvgIpc) is 3.52. The first-order valence-corrected chi connectivity index (χ1v) is 14.3. The number of carbonyl (C=O) groups excluding carboxylic acids is 1.